The zero-order valence-corrected chi connectivity index (χ0v) is 15.8. The summed E-state index contributed by atoms with van der Waals surface area (Å²) < 4.78 is 5.77. The largest absolute Gasteiger partial charge is 0.492 e. The van der Waals surface area contributed by atoms with Gasteiger partial charge in [-0.05, 0) is 24.3 Å². The van der Waals surface area contributed by atoms with Crippen LogP contribution in [-0.2, 0) is 0 Å². The number of ether oxygens (including phenoxy) is 1. The lowest BCUT2D eigenvalue weighted by Gasteiger charge is -2.34. The third-order valence-corrected chi connectivity index (χ3v) is 4.96. The number of nitrogens with zero attached hydrogens (tertiary/aromatic N) is 3. The average molecular weight is 376 g/mol. The Balaban J connectivity index is 1.28. The fourth-order valence-corrected chi connectivity index (χ4v) is 3.39. The summed E-state index contributed by atoms with van der Waals surface area (Å²) in [6.07, 6.45) is 3.50. The first-order valence-corrected chi connectivity index (χ1v) is 9.59. The monoisotopic (exact) mass is 376 g/mol. The molecule has 1 N–H and O–H groups in total. The van der Waals surface area contributed by atoms with E-state index in [-0.39, 0.29) is 5.91 Å². The highest BCUT2D eigenvalue weighted by molar-refractivity contribution is 5.95. The van der Waals surface area contributed by atoms with Crippen LogP contribution < -0.4 is 4.74 Å². The molecule has 4 rings (SSSR count). The number of imidazole rings is 1. The van der Waals surface area contributed by atoms with E-state index in [2.05, 4.69) is 14.9 Å². The Morgan fingerprint density at radius 2 is 1.86 bits per heavy atom. The van der Waals surface area contributed by atoms with Crippen molar-refractivity contribution in [1.29, 1.82) is 0 Å². The van der Waals surface area contributed by atoms with Crippen LogP contribution >= 0.6 is 0 Å². The normalized spacial score (nSPS) is 14.8. The molecule has 2 heterocycles. The summed E-state index contributed by atoms with van der Waals surface area (Å²) in [4.78, 5) is 24.5. The van der Waals surface area contributed by atoms with Crippen molar-refractivity contribution in [2.24, 2.45) is 0 Å². The predicted molar refractivity (Wildman–Crippen MR) is 108 cm³/mol. The highest BCUT2D eigenvalue weighted by Gasteiger charge is 2.22. The van der Waals surface area contributed by atoms with Crippen molar-refractivity contribution >= 4 is 5.91 Å². The van der Waals surface area contributed by atoms with Crippen molar-refractivity contribution in [3.63, 3.8) is 0 Å². The second-order valence-electron chi connectivity index (χ2n) is 6.81. The Labute approximate surface area is 164 Å². The molecule has 0 saturated carbocycles. The van der Waals surface area contributed by atoms with Gasteiger partial charge in [-0.25, -0.2) is 4.98 Å². The van der Waals surface area contributed by atoms with Crippen molar-refractivity contribution in [2.45, 2.75) is 0 Å². The van der Waals surface area contributed by atoms with Crippen LogP contribution in [0.5, 0.6) is 5.75 Å². The lowest BCUT2D eigenvalue weighted by atomic mass is 10.1. The number of carbonyl (C=O) groups is 1. The van der Waals surface area contributed by atoms with Crippen molar-refractivity contribution in [3.8, 4) is 17.1 Å². The number of aromatic amines is 1. The van der Waals surface area contributed by atoms with Crippen molar-refractivity contribution in [1.82, 2.24) is 19.8 Å². The van der Waals surface area contributed by atoms with E-state index in [0.29, 0.717) is 12.2 Å². The second-order valence-corrected chi connectivity index (χ2v) is 6.81. The van der Waals surface area contributed by atoms with E-state index in [1.807, 2.05) is 59.5 Å². The van der Waals surface area contributed by atoms with Gasteiger partial charge < -0.3 is 14.6 Å². The molecule has 0 radical (unpaired) electrons. The minimum absolute atomic E-state index is 0.0774. The number of benzene rings is 2. The molecule has 0 aliphatic carbocycles. The molecule has 1 aromatic heterocycles. The molecule has 1 amide bonds. The van der Waals surface area contributed by atoms with Crippen LogP contribution in [0, 0.1) is 0 Å². The highest BCUT2D eigenvalue weighted by Crippen LogP contribution is 2.18. The molecule has 1 fully saturated rings. The van der Waals surface area contributed by atoms with E-state index in [1.54, 1.807) is 12.4 Å². The van der Waals surface area contributed by atoms with Gasteiger partial charge >= 0.3 is 0 Å². The Kier molecular flexibility index (Phi) is 5.68. The first-order valence-electron chi connectivity index (χ1n) is 9.59. The van der Waals surface area contributed by atoms with E-state index in [1.165, 1.54) is 0 Å². The molecule has 3 aromatic rings. The first kappa shape index (κ1) is 18.3. The summed E-state index contributed by atoms with van der Waals surface area (Å²) >= 11 is 0. The quantitative estimate of drug-likeness (QED) is 0.719. The van der Waals surface area contributed by atoms with Gasteiger partial charge in [0, 0.05) is 56.2 Å². The number of nitrogens with one attached hydrogen (secondary N) is 1. The number of piperazine rings is 1. The number of carbonyl (C=O) groups excluding carboxylic acids is 1. The highest BCUT2D eigenvalue weighted by atomic mass is 16.5. The van der Waals surface area contributed by atoms with Crippen LogP contribution in [0.3, 0.4) is 0 Å². The summed E-state index contributed by atoms with van der Waals surface area (Å²) in [6, 6.07) is 17.5. The van der Waals surface area contributed by atoms with Gasteiger partial charge in [-0.15, -0.1) is 0 Å². The number of hydrogen-bond donors (Lipinski definition) is 1. The number of amides is 1. The molecule has 0 unspecified atom stereocenters. The maximum absolute atomic E-state index is 12.9. The maximum atomic E-state index is 12.9. The van der Waals surface area contributed by atoms with Gasteiger partial charge in [0.15, 0.2) is 0 Å². The summed E-state index contributed by atoms with van der Waals surface area (Å²) in [7, 11) is 0. The van der Waals surface area contributed by atoms with Crippen LogP contribution in [0.2, 0.25) is 0 Å². The Bertz CT molecular complexity index is 888. The van der Waals surface area contributed by atoms with Gasteiger partial charge in [0.1, 0.15) is 18.2 Å². The average Bonchev–Trinajstić information content (AvgIpc) is 3.30. The zero-order chi connectivity index (χ0) is 19.2. The van der Waals surface area contributed by atoms with Gasteiger partial charge in [0.05, 0.1) is 0 Å². The summed E-state index contributed by atoms with van der Waals surface area (Å²) in [6.45, 7) is 4.71. The third-order valence-electron chi connectivity index (χ3n) is 4.96. The topological polar surface area (TPSA) is 61.5 Å². The molecular formula is C22H24N4O2. The lowest BCUT2D eigenvalue weighted by molar-refractivity contribution is 0.0620. The summed E-state index contributed by atoms with van der Waals surface area (Å²) in [5.41, 5.74) is 1.63. The minimum Gasteiger partial charge on any atom is -0.492 e. The van der Waals surface area contributed by atoms with Gasteiger partial charge in [0.2, 0.25) is 0 Å². The zero-order valence-electron chi connectivity index (χ0n) is 15.8. The van der Waals surface area contributed by atoms with E-state index in [0.717, 1.165) is 49.9 Å². The van der Waals surface area contributed by atoms with E-state index in [9.17, 15) is 4.79 Å². The number of H-pyrrole nitrogens is 1. The van der Waals surface area contributed by atoms with Crippen molar-refractivity contribution in [3.05, 3.63) is 72.6 Å². The number of rotatable bonds is 6. The summed E-state index contributed by atoms with van der Waals surface area (Å²) in [5.74, 6) is 1.75. The number of para-hydroxylation sites is 1. The SMILES string of the molecule is O=C(c1cccc(-c2ncc[nH]2)c1)N1CCN(CCOc2ccccc2)CC1. The molecule has 6 heteroatoms. The fourth-order valence-electron chi connectivity index (χ4n) is 3.39. The Morgan fingerprint density at radius 1 is 1.04 bits per heavy atom. The van der Waals surface area contributed by atoms with Crippen LogP contribution in [0.4, 0.5) is 0 Å². The van der Waals surface area contributed by atoms with Crippen LogP contribution in [-0.4, -0.2) is 65.0 Å². The van der Waals surface area contributed by atoms with Gasteiger partial charge in [0.25, 0.3) is 5.91 Å². The maximum Gasteiger partial charge on any atom is 0.253 e. The molecule has 1 aliphatic heterocycles. The molecular weight excluding hydrogens is 352 g/mol. The van der Waals surface area contributed by atoms with Gasteiger partial charge in [-0.2, -0.15) is 0 Å². The van der Waals surface area contributed by atoms with E-state index < -0.39 is 0 Å². The predicted octanol–water partition coefficient (Wildman–Crippen LogP) is 2.91. The van der Waals surface area contributed by atoms with Crippen LogP contribution in [0.15, 0.2) is 67.0 Å². The van der Waals surface area contributed by atoms with Crippen molar-refractivity contribution < 1.29 is 9.53 Å². The molecule has 2 aromatic carbocycles. The van der Waals surface area contributed by atoms with Crippen molar-refractivity contribution in [2.75, 3.05) is 39.3 Å². The minimum atomic E-state index is 0.0774. The molecule has 0 atom stereocenters. The Hall–Kier alpha value is -3.12. The summed E-state index contributed by atoms with van der Waals surface area (Å²) in [5, 5.41) is 0. The van der Waals surface area contributed by atoms with Gasteiger partial charge in [-0.1, -0.05) is 30.3 Å². The van der Waals surface area contributed by atoms with E-state index in [4.69, 9.17) is 4.74 Å². The standard InChI is InChI=1S/C22H24N4O2/c27-22(19-6-4-5-18(17-19)21-23-9-10-24-21)26-13-11-25(12-14-26)15-16-28-20-7-2-1-3-8-20/h1-10,17H,11-16H2,(H,23,24). The smallest absolute Gasteiger partial charge is 0.253 e. The van der Waals surface area contributed by atoms with Crippen LogP contribution in [0.25, 0.3) is 11.4 Å². The van der Waals surface area contributed by atoms with Crippen LogP contribution in [0.1, 0.15) is 10.4 Å². The molecule has 1 saturated heterocycles. The molecule has 144 valence electrons. The first-order chi connectivity index (χ1) is 13.8. The molecule has 28 heavy (non-hydrogen) atoms. The molecule has 0 bridgehead atoms. The lowest BCUT2D eigenvalue weighted by Crippen LogP contribution is -2.49. The molecule has 6 nitrogen and oxygen atoms in total. The number of aromatic nitrogens is 2. The van der Waals surface area contributed by atoms with E-state index >= 15 is 0 Å². The third kappa shape index (κ3) is 4.40. The number of hydrogen-bond acceptors (Lipinski definition) is 4. The van der Waals surface area contributed by atoms with Gasteiger partial charge in [-0.3, -0.25) is 9.69 Å². The fraction of sp³-hybridized carbons (Fsp3) is 0.273. The molecule has 1 aliphatic rings. The second kappa shape index (κ2) is 8.71. The Morgan fingerprint density at radius 3 is 2.61 bits per heavy atom. The molecule has 0 spiro atoms.